The minimum Gasteiger partial charge on any atom is -0.270 e. The van der Waals surface area contributed by atoms with E-state index in [0.717, 1.165) is 16.4 Å². The summed E-state index contributed by atoms with van der Waals surface area (Å²) in [5, 5.41) is 0.583. The van der Waals surface area contributed by atoms with E-state index in [-0.39, 0.29) is 12.0 Å². The first-order valence-electron chi connectivity index (χ1n) is 5.58. The lowest BCUT2D eigenvalue weighted by molar-refractivity contribution is -0.0124. The summed E-state index contributed by atoms with van der Waals surface area (Å²) < 4.78 is 0.928. The van der Waals surface area contributed by atoms with Gasteiger partial charge in [0.15, 0.2) is 0 Å². The van der Waals surface area contributed by atoms with E-state index in [1.165, 1.54) is 12.8 Å². The van der Waals surface area contributed by atoms with E-state index in [1.807, 2.05) is 6.07 Å². The Bertz CT molecular complexity index is 419. The van der Waals surface area contributed by atoms with Gasteiger partial charge in [0.1, 0.15) is 0 Å². The predicted octanol–water partition coefficient (Wildman–Crippen LogP) is 3.55. The number of carbonyl (C=O) groups is 1. The molecule has 0 unspecified atom stereocenters. The van der Waals surface area contributed by atoms with E-state index in [4.69, 9.17) is 16.4 Å². The van der Waals surface area contributed by atoms with Gasteiger partial charge >= 0.3 is 0 Å². The second-order valence-corrected chi connectivity index (χ2v) is 5.65. The zero-order valence-electron chi connectivity index (χ0n) is 9.21. The molecule has 0 aromatic heterocycles. The van der Waals surface area contributed by atoms with Crippen molar-refractivity contribution in [1.29, 1.82) is 0 Å². The van der Waals surface area contributed by atoms with Crippen molar-refractivity contribution in [3.05, 3.63) is 32.4 Å². The number of amides is 1. The quantitative estimate of drug-likeness (QED) is 0.657. The first-order valence-corrected chi connectivity index (χ1v) is 7.03. The first kappa shape index (κ1) is 13.1. The molecule has 5 heteroatoms. The summed E-state index contributed by atoms with van der Waals surface area (Å²) in [5.74, 6) is -0.241. The van der Waals surface area contributed by atoms with Gasteiger partial charge in [0.2, 0.25) is 0 Å². The molecular formula is C12H13ClINO2. The van der Waals surface area contributed by atoms with E-state index < -0.39 is 0 Å². The third-order valence-corrected chi connectivity index (χ3v) is 4.37. The number of hydroxylamine groups is 1. The molecule has 92 valence electrons. The maximum atomic E-state index is 11.8. The Morgan fingerprint density at radius 3 is 2.76 bits per heavy atom. The highest BCUT2D eigenvalue weighted by Crippen LogP contribution is 2.21. The van der Waals surface area contributed by atoms with Crippen molar-refractivity contribution in [2.24, 2.45) is 0 Å². The third-order valence-electron chi connectivity index (χ3n) is 2.80. The minimum atomic E-state index is -0.241. The summed E-state index contributed by atoms with van der Waals surface area (Å²) in [6.07, 6.45) is 4.56. The number of hydrogen-bond acceptors (Lipinski definition) is 2. The van der Waals surface area contributed by atoms with Crippen LogP contribution in [0.1, 0.15) is 36.0 Å². The molecule has 1 fully saturated rings. The second-order valence-electron chi connectivity index (χ2n) is 4.08. The SMILES string of the molecule is O=C(NOC1CCCC1)c1ccc(I)c(Cl)c1. The van der Waals surface area contributed by atoms with Crippen molar-refractivity contribution >= 4 is 40.1 Å². The zero-order valence-corrected chi connectivity index (χ0v) is 12.1. The molecule has 1 aliphatic rings. The molecule has 0 aliphatic heterocycles. The van der Waals surface area contributed by atoms with Crippen molar-refractivity contribution in [1.82, 2.24) is 5.48 Å². The van der Waals surface area contributed by atoms with E-state index in [2.05, 4.69) is 28.1 Å². The van der Waals surface area contributed by atoms with Gasteiger partial charge in [-0.25, -0.2) is 5.48 Å². The van der Waals surface area contributed by atoms with E-state index in [1.54, 1.807) is 12.1 Å². The average Bonchev–Trinajstić information content (AvgIpc) is 2.82. The Morgan fingerprint density at radius 1 is 1.41 bits per heavy atom. The first-order chi connectivity index (χ1) is 8.16. The molecule has 0 spiro atoms. The van der Waals surface area contributed by atoms with Crippen LogP contribution in [0.2, 0.25) is 5.02 Å². The molecule has 1 aromatic carbocycles. The topological polar surface area (TPSA) is 38.3 Å². The summed E-state index contributed by atoms with van der Waals surface area (Å²) in [4.78, 5) is 17.1. The summed E-state index contributed by atoms with van der Waals surface area (Å²) in [5.41, 5.74) is 3.01. The zero-order chi connectivity index (χ0) is 12.3. The fourth-order valence-corrected chi connectivity index (χ4v) is 2.36. The molecule has 0 atom stereocenters. The van der Waals surface area contributed by atoms with Gasteiger partial charge < -0.3 is 0 Å². The Morgan fingerprint density at radius 2 is 2.12 bits per heavy atom. The summed E-state index contributed by atoms with van der Waals surface area (Å²) >= 11 is 8.08. The van der Waals surface area contributed by atoms with Crippen LogP contribution in [0.4, 0.5) is 0 Å². The lowest BCUT2D eigenvalue weighted by atomic mass is 10.2. The van der Waals surface area contributed by atoms with Crippen LogP contribution in [-0.4, -0.2) is 12.0 Å². The number of hydrogen-bond donors (Lipinski definition) is 1. The summed E-state index contributed by atoms with van der Waals surface area (Å²) in [6.45, 7) is 0. The lowest BCUT2D eigenvalue weighted by Crippen LogP contribution is -2.28. The van der Waals surface area contributed by atoms with Crippen LogP contribution in [0, 0.1) is 3.57 Å². The third kappa shape index (κ3) is 3.56. The highest BCUT2D eigenvalue weighted by Gasteiger charge is 2.17. The molecule has 0 bridgehead atoms. The normalized spacial score (nSPS) is 16.1. The predicted molar refractivity (Wildman–Crippen MR) is 75.0 cm³/mol. The minimum absolute atomic E-state index is 0.165. The van der Waals surface area contributed by atoms with Crippen LogP contribution in [0.5, 0.6) is 0 Å². The lowest BCUT2D eigenvalue weighted by Gasteiger charge is -2.11. The summed E-state index contributed by atoms with van der Waals surface area (Å²) in [6, 6.07) is 5.20. The van der Waals surface area contributed by atoms with Crippen LogP contribution in [0.15, 0.2) is 18.2 Å². The van der Waals surface area contributed by atoms with Crippen molar-refractivity contribution in [3.63, 3.8) is 0 Å². The van der Waals surface area contributed by atoms with Crippen molar-refractivity contribution in [2.75, 3.05) is 0 Å². The average molecular weight is 366 g/mol. The van der Waals surface area contributed by atoms with Gasteiger partial charge in [-0.2, -0.15) is 0 Å². The van der Waals surface area contributed by atoms with Gasteiger partial charge in [0.25, 0.3) is 5.91 Å². The molecular weight excluding hydrogens is 352 g/mol. The van der Waals surface area contributed by atoms with Crippen molar-refractivity contribution in [3.8, 4) is 0 Å². The monoisotopic (exact) mass is 365 g/mol. The summed E-state index contributed by atoms with van der Waals surface area (Å²) in [7, 11) is 0. The maximum Gasteiger partial charge on any atom is 0.274 e. The molecule has 1 saturated carbocycles. The molecule has 2 rings (SSSR count). The smallest absolute Gasteiger partial charge is 0.270 e. The number of rotatable bonds is 3. The Labute approximate surface area is 119 Å². The van der Waals surface area contributed by atoms with Crippen molar-refractivity contribution in [2.45, 2.75) is 31.8 Å². The molecule has 1 N–H and O–H groups in total. The fraction of sp³-hybridized carbons (Fsp3) is 0.417. The van der Waals surface area contributed by atoms with E-state index >= 15 is 0 Å². The number of benzene rings is 1. The standard InChI is InChI=1S/C12H13ClINO2/c13-10-7-8(5-6-11(10)14)12(16)15-17-9-3-1-2-4-9/h5-7,9H,1-4H2,(H,15,16). The van der Waals surface area contributed by atoms with Crippen molar-refractivity contribution < 1.29 is 9.63 Å². The van der Waals surface area contributed by atoms with Crippen LogP contribution in [0.25, 0.3) is 0 Å². The Hall–Kier alpha value is -0.330. The molecule has 0 saturated heterocycles. The fourth-order valence-electron chi connectivity index (χ4n) is 1.84. The maximum absolute atomic E-state index is 11.8. The molecule has 0 radical (unpaired) electrons. The largest absolute Gasteiger partial charge is 0.274 e. The molecule has 1 amide bonds. The molecule has 1 aliphatic carbocycles. The molecule has 17 heavy (non-hydrogen) atoms. The van der Waals surface area contributed by atoms with Crippen LogP contribution in [-0.2, 0) is 4.84 Å². The highest BCUT2D eigenvalue weighted by molar-refractivity contribution is 14.1. The molecule has 3 nitrogen and oxygen atoms in total. The molecule has 0 heterocycles. The van der Waals surface area contributed by atoms with Gasteiger partial charge in [-0.15, -0.1) is 0 Å². The van der Waals surface area contributed by atoms with Crippen LogP contribution >= 0.6 is 34.2 Å². The highest BCUT2D eigenvalue weighted by atomic mass is 127. The van der Waals surface area contributed by atoms with Gasteiger partial charge in [-0.3, -0.25) is 9.63 Å². The van der Waals surface area contributed by atoms with E-state index in [0.29, 0.717) is 10.6 Å². The Kier molecular flexibility index (Phi) is 4.64. The van der Waals surface area contributed by atoms with Gasteiger partial charge in [-0.1, -0.05) is 24.4 Å². The number of carbonyl (C=O) groups excluding carboxylic acids is 1. The van der Waals surface area contributed by atoms with Gasteiger partial charge in [0.05, 0.1) is 11.1 Å². The molecule has 1 aromatic rings. The van der Waals surface area contributed by atoms with Gasteiger partial charge in [-0.05, 0) is 53.6 Å². The van der Waals surface area contributed by atoms with E-state index in [9.17, 15) is 4.79 Å². The van der Waals surface area contributed by atoms with Crippen LogP contribution in [0.3, 0.4) is 0 Å². The number of halogens is 2. The van der Waals surface area contributed by atoms with Crippen LogP contribution < -0.4 is 5.48 Å². The van der Waals surface area contributed by atoms with Gasteiger partial charge in [0, 0.05) is 9.13 Å². The second kappa shape index (κ2) is 6.02. The Balaban J connectivity index is 1.92. The number of nitrogens with one attached hydrogen (secondary N) is 1.